The van der Waals surface area contributed by atoms with Crippen molar-refractivity contribution in [2.45, 2.75) is 18.8 Å². The number of hydrogen-bond donors (Lipinski definition) is 0. The summed E-state index contributed by atoms with van der Waals surface area (Å²) in [6, 6.07) is 0. The molecule has 0 radical (unpaired) electrons. The Morgan fingerprint density at radius 2 is 2.25 bits per heavy atom. The molecule has 0 N–H and O–H groups in total. The van der Waals surface area contributed by atoms with Crippen molar-refractivity contribution in [2.24, 2.45) is 0 Å². The van der Waals surface area contributed by atoms with E-state index >= 15 is 0 Å². The molecule has 0 bridgehead atoms. The van der Waals surface area contributed by atoms with Crippen LogP contribution in [0.2, 0.25) is 0 Å². The van der Waals surface area contributed by atoms with Crippen molar-refractivity contribution in [2.75, 3.05) is 27.2 Å². The Morgan fingerprint density at radius 3 is 2.88 bits per heavy atom. The third-order valence-electron chi connectivity index (χ3n) is 2.98. The average molecular weight is 224 g/mol. The van der Waals surface area contributed by atoms with Crippen molar-refractivity contribution in [3.8, 4) is 0 Å². The predicted octanol–water partition coefficient (Wildman–Crippen LogP) is 1.27. The number of methoxy groups -OCH3 is 1. The Kier molecular flexibility index (Phi) is 3.24. The maximum atomic E-state index is 11.2. The predicted molar refractivity (Wildman–Crippen MR) is 57.3 cm³/mol. The summed E-state index contributed by atoms with van der Waals surface area (Å²) in [6.07, 6.45) is 3.49. The van der Waals surface area contributed by atoms with E-state index in [0.717, 1.165) is 25.9 Å². The minimum atomic E-state index is -0.466. The van der Waals surface area contributed by atoms with Crippen molar-refractivity contribution >= 4 is 5.97 Å². The maximum Gasteiger partial charge on any atom is 0.375 e. The molecule has 5 heteroatoms. The molecule has 0 atom stereocenters. The number of carbonyl (C=O) groups excluding carboxylic acids is 1. The van der Waals surface area contributed by atoms with Gasteiger partial charge in [-0.05, 0) is 33.0 Å². The Morgan fingerprint density at radius 1 is 1.56 bits per heavy atom. The van der Waals surface area contributed by atoms with Crippen LogP contribution in [-0.2, 0) is 4.74 Å². The van der Waals surface area contributed by atoms with E-state index in [9.17, 15) is 4.79 Å². The van der Waals surface area contributed by atoms with Crippen LogP contribution in [0.25, 0.3) is 0 Å². The summed E-state index contributed by atoms with van der Waals surface area (Å²) < 4.78 is 9.98. The summed E-state index contributed by atoms with van der Waals surface area (Å²) in [5.41, 5.74) is 0. The summed E-state index contributed by atoms with van der Waals surface area (Å²) in [5.74, 6) is 0.714. The number of oxazole rings is 1. The second-order valence-corrected chi connectivity index (χ2v) is 4.13. The van der Waals surface area contributed by atoms with E-state index in [1.807, 2.05) is 0 Å². The molecule has 1 aliphatic rings. The van der Waals surface area contributed by atoms with E-state index < -0.39 is 5.97 Å². The lowest BCUT2D eigenvalue weighted by atomic mass is 9.97. The summed E-state index contributed by atoms with van der Waals surface area (Å²) in [5, 5.41) is 0. The van der Waals surface area contributed by atoms with Gasteiger partial charge in [-0.3, -0.25) is 0 Å². The number of ether oxygens (including phenoxy) is 1. The summed E-state index contributed by atoms with van der Waals surface area (Å²) in [7, 11) is 3.44. The molecule has 1 aromatic rings. The van der Waals surface area contributed by atoms with Crippen molar-refractivity contribution in [3.63, 3.8) is 0 Å². The molecule has 2 heterocycles. The third kappa shape index (κ3) is 2.24. The first kappa shape index (κ1) is 11.1. The van der Waals surface area contributed by atoms with Crippen LogP contribution in [0.5, 0.6) is 0 Å². The number of likely N-dealkylation sites (tertiary alicyclic amines) is 1. The number of rotatable bonds is 2. The lowest BCUT2D eigenvalue weighted by molar-refractivity contribution is 0.0561. The number of esters is 1. The Bertz CT molecular complexity index is 367. The topological polar surface area (TPSA) is 55.6 Å². The minimum Gasteiger partial charge on any atom is -0.463 e. The van der Waals surface area contributed by atoms with Crippen molar-refractivity contribution in [1.82, 2.24) is 9.88 Å². The molecule has 0 spiro atoms. The zero-order valence-electron chi connectivity index (χ0n) is 9.60. The normalized spacial score (nSPS) is 18.6. The first-order valence-electron chi connectivity index (χ1n) is 5.43. The van der Waals surface area contributed by atoms with Gasteiger partial charge in [0.1, 0.15) is 0 Å². The summed E-state index contributed by atoms with van der Waals surface area (Å²) >= 11 is 0. The Labute approximate surface area is 94.4 Å². The number of nitrogens with zero attached hydrogens (tertiary/aromatic N) is 2. The van der Waals surface area contributed by atoms with Gasteiger partial charge in [0.25, 0.3) is 0 Å². The number of aromatic nitrogens is 1. The molecular formula is C11H16N2O3. The highest BCUT2D eigenvalue weighted by molar-refractivity contribution is 5.85. The number of carbonyl (C=O) groups is 1. The smallest absolute Gasteiger partial charge is 0.375 e. The van der Waals surface area contributed by atoms with Crippen LogP contribution in [-0.4, -0.2) is 43.1 Å². The lowest BCUT2D eigenvalue weighted by Crippen LogP contribution is -2.29. The molecule has 1 aliphatic heterocycles. The first-order chi connectivity index (χ1) is 7.70. The van der Waals surface area contributed by atoms with E-state index in [2.05, 4.69) is 21.7 Å². The number of piperidine rings is 1. The molecule has 1 fully saturated rings. The molecule has 0 aliphatic carbocycles. The zero-order valence-corrected chi connectivity index (χ0v) is 9.60. The third-order valence-corrected chi connectivity index (χ3v) is 2.98. The fourth-order valence-corrected chi connectivity index (χ4v) is 1.93. The van der Waals surface area contributed by atoms with Crippen LogP contribution in [0.4, 0.5) is 0 Å². The van der Waals surface area contributed by atoms with Gasteiger partial charge in [-0.1, -0.05) is 0 Å². The van der Waals surface area contributed by atoms with Gasteiger partial charge >= 0.3 is 5.97 Å². The van der Waals surface area contributed by atoms with E-state index in [1.165, 1.54) is 13.3 Å². The van der Waals surface area contributed by atoms with E-state index in [1.54, 1.807) is 0 Å². The van der Waals surface area contributed by atoms with E-state index in [-0.39, 0.29) is 5.76 Å². The quantitative estimate of drug-likeness (QED) is 0.708. The summed E-state index contributed by atoms with van der Waals surface area (Å²) in [6.45, 7) is 2.08. The van der Waals surface area contributed by atoms with Crippen LogP contribution in [0.1, 0.15) is 35.2 Å². The molecule has 0 aromatic carbocycles. The largest absolute Gasteiger partial charge is 0.463 e. The average Bonchev–Trinajstić information content (AvgIpc) is 2.78. The zero-order chi connectivity index (χ0) is 11.5. The fourth-order valence-electron chi connectivity index (χ4n) is 1.93. The Hall–Kier alpha value is -1.36. The van der Waals surface area contributed by atoms with Gasteiger partial charge in [-0.15, -0.1) is 0 Å². The van der Waals surface area contributed by atoms with Crippen molar-refractivity contribution < 1.29 is 13.9 Å². The van der Waals surface area contributed by atoms with E-state index in [4.69, 9.17) is 4.42 Å². The van der Waals surface area contributed by atoms with Gasteiger partial charge < -0.3 is 14.1 Å². The van der Waals surface area contributed by atoms with Crippen molar-refractivity contribution in [3.05, 3.63) is 17.8 Å². The van der Waals surface area contributed by atoms with Gasteiger partial charge in [0, 0.05) is 5.92 Å². The van der Waals surface area contributed by atoms with Gasteiger partial charge in [0.05, 0.1) is 13.3 Å². The highest BCUT2D eigenvalue weighted by atomic mass is 16.5. The molecular weight excluding hydrogens is 208 g/mol. The second kappa shape index (κ2) is 4.65. The molecule has 1 saturated heterocycles. The van der Waals surface area contributed by atoms with Crippen molar-refractivity contribution in [1.29, 1.82) is 0 Å². The number of hydrogen-bond acceptors (Lipinski definition) is 5. The molecule has 1 aromatic heterocycles. The Balaban J connectivity index is 2.04. The second-order valence-electron chi connectivity index (χ2n) is 4.13. The van der Waals surface area contributed by atoms with Crippen LogP contribution < -0.4 is 0 Å². The van der Waals surface area contributed by atoms with Gasteiger partial charge in [0.2, 0.25) is 5.76 Å². The SMILES string of the molecule is COC(=O)c1cnc(C2CCN(C)CC2)o1. The highest BCUT2D eigenvalue weighted by Crippen LogP contribution is 2.27. The standard InChI is InChI=1S/C11H16N2O3/c1-13-5-3-8(4-6-13)10-12-7-9(16-10)11(14)15-2/h7-8H,3-6H2,1-2H3. The molecule has 2 rings (SSSR count). The lowest BCUT2D eigenvalue weighted by Gasteiger charge is -2.26. The van der Waals surface area contributed by atoms with Crippen LogP contribution in [0.3, 0.4) is 0 Å². The highest BCUT2D eigenvalue weighted by Gasteiger charge is 2.23. The van der Waals surface area contributed by atoms with Gasteiger partial charge in [-0.2, -0.15) is 0 Å². The maximum absolute atomic E-state index is 11.2. The van der Waals surface area contributed by atoms with Gasteiger partial charge in [-0.25, -0.2) is 9.78 Å². The monoisotopic (exact) mass is 224 g/mol. The molecule has 0 unspecified atom stereocenters. The van der Waals surface area contributed by atoms with Crippen LogP contribution >= 0.6 is 0 Å². The first-order valence-corrected chi connectivity index (χ1v) is 5.43. The molecule has 0 saturated carbocycles. The fraction of sp³-hybridized carbons (Fsp3) is 0.636. The summed E-state index contributed by atoms with van der Waals surface area (Å²) in [4.78, 5) is 17.6. The molecule has 16 heavy (non-hydrogen) atoms. The van der Waals surface area contributed by atoms with Crippen LogP contribution in [0.15, 0.2) is 10.6 Å². The molecule has 0 amide bonds. The molecule has 5 nitrogen and oxygen atoms in total. The van der Waals surface area contributed by atoms with E-state index in [0.29, 0.717) is 11.8 Å². The van der Waals surface area contributed by atoms with Crippen LogP contribution in [0, 0.1) is 0 Å². The minimum absolute atomic E-state index is 0.191. The molecule has 88 valence electrons. The van der Waals surface area contributed by atoms with Gasteiger partial charge in [0.15, 0.2) is 5.89 Å².